The molecule has 0 aliphatic rings. The van der Waals surface area contributed by atoms with Gasteiger partial charge in [-0.25, -0.2) is 13.4 Å². The molecule has 2 aromatic rings. The summed E-state index contributed by atoms with van der Waals surface area (Å²) in [5.41, 5.74) is 0.305. The van der Waals surface area contributed by atoms with Crippen molar-refractivity contribution in [3.8, 4) is 17.7 Å². The van der Waals surface area contributed by atoms with E-state index in [1.165, 1.54) is 24.3 Å². The van der Waals surface area contributed by atoms with Crippen molar-refractivity contribution in [2.75, 3.05) is 6.26 Å². The number of ether oxygens (including phenoxy) is 1. The molecule has 102 valence electrons. The van der Waals surface area contributed by atoms with Crippen LogP contribution in [0.2, 0.25) is 5.15 Å². The van der Waals surface area contributed by atoms with Crippen LogP contribution in [0.4, 0.5) is 0 Å². The number of sulfone groups is 1. The van der Waals surface area contributed by atoms with E-state index in [2.05, 4.69) is 4.98 Å². The molecule has 0 aliphatic heterocycles. The SMILES string of the molecule is CS(=O)(=O)c1cccc(Oc2cc(C#N)cc(Cl)n2)c1. The fourth-order valence-electron chi connectivity index (χ4n) is 1.48. The smallest absolute Gasteiger partial charge is 0.221 e. The molecule has 7 heteroatoms. The number of hydrogen-bond acceptors (Lipinski definition) is 5. The van der Waals surface area contributed by atoms with Crippen molar-refractivity contribution in [3.63, 3.8) is 0 Å². The van der Waals surface area contributed by atoms with Gasteiger partial charge in [0.15, 0.2) is 9.84 Å². The second-order valence-corrected chi connectivity index (χ2v) is 6.38. The highest BCUT2D eigenvalue weighted by atomic mass is 35.5. The molecule has 0 radical (unpaired) electrons. The molecule has 0 saturated heterocycles. The van der Waals surface area contributed by atoms with E-state index in [0.717, 1.165) is 6.26 Å². The standard InChI is InChI=1S/C13H9ClN2O3S/c1-20(17,18)11-4-2-3-10(7-11)19-13-6-9(8-15)5-12(14)16-13/h2-7H,1H3. The van der Waals surface area contributed by atoms with Crippen LogP contribution in [0.5, 0.6) is 11.6 Å². The second kappa shape index (κ2) is 5.49. The molecule has 0 bridgehead atoms. The predicted molar refractivity (Wildman–Crippen MR) is 73.6 cm³/mol. The fraction of sp³-hybridized carbons (Fsp3) is 0.0769. The van der Waals surface area contributed by atoms with Crippen molar-refractivity contribution in [3.05, 3.63) is 47.1 Å². The maximum Gasteiger partial charge on any atom is 0.221 e. The maximum absolute atomic E-state index is 11.5. The van der Waals surface area contributed by atoms with Gasteiger partial charge in [0.2, 0.25) is 5.88 Å². The van der Waals surface area contributed by atoms with E-state index in [1.807, 2.05) is 6.07 Å². The summed E-state index contributed by atoms with van der Waals surface area (Å²) in [7, 11) is -3.32. The van der Waals surface area contributed by atoms with E-state index in [9.17, 15) is 8.42 Å². The van der Waals surface area contributed by atoms with Gasteiger partial charge in [-0.05, 0) is 24.3 Å². The summed E-state index contributed by atoms with van der Waals surface area (Å²) in [6.07, 6.45) is 1.11. The van der Waals surface area contributed by atoms with Crippen LogP contribution in [-0.2, 0) is 9.84 Å². The maximum atomic E-state index is 11.5. The first-order chi connectivity index (χ1) is 9.38. The van der Waals surface area contributed by atoms with Crippen LogP contribution in [0.1, 0.15) is 5.56 Å². The van der Waals surface area contributed by atoms with Crippen LogP contribution < -0.4 is 4.74 Å². The Kier molecular flexibility index (Phi) is 3.93. The number of nitrogens with zero attached hydrogens (tertiary/aromatic N) is 2. The minimum atomic E-state index is -3.32. The molecule has 20 heavy (non-hydrogen) atoms. The van der Waals surface area contributed by atoms with Crippen molar-refractivity contribution < 1.29 is 13.2 Å². The van der Waals surface area contributed by atoms with E-state index in [4.69, 9.17) is 21.6 Å². The first-order valence-electron chi connectivity index (χ1n) is 5.44. The Morgan fingerprint density at radius 1 is 1.30 bits per heavy atom. The van der Waals surface area contributed by atoms with Gasteiger partial charge in [0.05, 0.1) is 16.5 Å². The molecule has 0 aliphatic carbocycles. The zero-order chi connectivity index (χ0) is 14.8. The van der Waals surface area contributed by atoms with Crippen molar-refractivity contribution in [2.24, 2.45) is 0 Å². The lowest BCUT2D eigenvalue weighted by Crippen LogP contribution is -1.97. The molecule has 0 fully saturated rings. The molecule has 1 heterocycles. The van der Waals surface area contributed by atoms with Crippen LogP contribution >= 0.6 is 11.6 Å². The molecule has 1 aromatic carbocycles. The fourth-order valence-corrected chi connectivity index (χ4v) is 2.34. The molecule has 1 aromatic heterocycles. The summed E-state index contributed by atoms with van der Waals surface area (Å²) in [5.74, 6) is 0.422. The Labute approximate surface area is 121 Å². The number of pyridine rings is 1. The van der Waals surface area contributed by atoms with Crippen LogP contribution in [0.15, 0.2) is 41.3 Å². The van der Waals surface area contributed by atoms with Gasteiger partial charge in [-0.2, -0.15) is 5.26 Å². The van der Waals surface area contributed by atoms with Gasteiger partial charge in [0.1, 0.15) is 10.9 Å². The Morgan fingerprint density at radius 2 is 2.05 bits per heavy atom. The average molecular weight is 309 g/mol. The van der Waals surface area contributed by atoms with Crippen LogP contribution in [-0.4, -0.2) is 19.7 Å². The third-order valence-corrected chi connectivity index (χ3v) is 3.66. The number of rotatable bonds is 3. The highest BCUT2D eigenvalue weighted by Gasteiger charge is 2.09. The molecule has 0 atom stereocenters. The zero-order valence-electron chi connectivity index (χ0n) is 10.4. The summed E-state index contributed by atoms with van der Waals surface area (Å²) in [6.45, 7) is 0. The van der Waals surface area contributed by atoms with E-state index >= 15 is 0 Å². The van der Waals surface area contributed by atoms with Crippen molar-refractivity contribution >= 4 is 21.4 Å². The first-order valence-corrected chi connectivity index (χ1v) is 7.71. The summed E-state index contributed by atoms with van der Waals surface area (Å²) >= 11 is 5.76. The molecular formula is C13H9ClN2O3S. The largest absolute Gasteiger partial charge is 0.439 e. The second-order valence-electron chi connectivity index (χ2n) is 3.98. The third-order valence-electron chi connectivity index (χ3n) is 2.36. The molecule has 0 spiro atoms. The Hall–Kier alpha value is -2.10. The molecule has 0 unspecified atom stereocenters. The van der Waals surface area contributed by atoms with Crippen LogP contribution in [0, 0.1) is 11.3 Å². The van der Waals surface area contributed by atoms with Gasteiger partial charge >= 0.3 is 0 Å². The van der Waals surface area contributed by atoms with Gasteiger partial charge in [-0.3, -0.25) is 0 Å². The van der Waals surface area contributed by atoms with E-state index in [-0.39, 0.29) is 15.9 Å². The summed E-state index contributed by atoms with van der Waals surface area (Å²) in [6, 6.07) is 10.7. The van der Waals surface area contributed by atoms with Gasteiger partial charge in [0, 0.05) is 12.3 Å². The van der Waals surface area contributed by atoms with Crippen molar-refractivity contribution in [2.45, 2.75) is 4.90 Å². The lowest BCUT2D eigenvalue weighted by molar-refractivity contribution is 0.461. The van der Waals surface area contributed by atoms with E-state index in [1.54, 1.807) is 12.1 Å². The molecule has 0 saturated carbocycles. The third kappa shape index (κ3) is 3.47. The number of benzene rings is 1. The minimum absolute atomic E-state index is 0.123. The Balaban J connectivity index is 2.36. The minimum Gasteiger partial charge on any atom is -0.439 e. The Morgan fingerprint density at radius 3 is 2.70 bits per heavy atom. The van der Waals surface area contributed by atoms with E-state index in [0.29, 0.717) is 11.3 Å². The van der Waals surface area contributed by atoms with Gasteiger partial charge < -0.3 is 4.74 Å². The number of hydrogen-bond donors (Lipinski definition) is 0. The average Bonchev–Trinajstić information content (AvgIpc) is 2.37. The number of halogens is 1. The molecule has 0 amide bonds. The molecular weight excluding hydrogens is 300 g/mol. The highest BCUT2D eigenvalue weighted by Crippen LogP contribution is 2.24. The first kappa shape index (κ1) is 14.3. The molecule has 5 nitrogen and oxygen atoms in total. The topological polar surface area (TPSA) is 80.0 Å². The molecule has 0 N–H and O–H groups in total. The van der Waals surface area contributed by atoms with E-state index < -0.39 is 9.84 Å². The number of aromatic nitrogens is 1. The van der Waals surface area contributed by atoms with Crippen molar-refractivity contribution in [1.82, 2.24) is 4.98 Å². The van der Waals surface area contributed by atoms with Crippen LogP contribution in [0.25, 0.3) is 0 Å². The zero-order valence-corrected chi connectivity index (χ0v) is 11.9. The highest BCUT2D eigenvalue weighted by molar-refractivity contribution is 7.90. The summed E-state index contributed by atoms with van der Waals surface area (Å²) in [4.78, 5) is 4.05. The van der Waals surface area contributed by atoms with Gasteiger partial charge in [-0.1, -0.05) is 17.7 Å². The van der Waals surface area contributed by atoms with Crippen molar-refractivity contribution in [1.29, 1.82) is 5.26 Å². The normalized spacial score (nSPS) is 10.8. The Bertz CT molecular complexity index is 798. The summed E-state index contributed by atoms with van der Waals surface area (Å²) < 4.78 is 28.3. The monoisotopic (exact) mass is 308 g/mol. The van der Waals surface area contributed by atoms with Gasteiger partial charge in [-0.15, -0.1) is 0 Å². The number of nitriles is 1. The van der Waals surface area contributed by atoms with Gasteiger partial charge in [0.25, 0.3) is 0 Å². The quantitative estimate of drug-likeness (QED) is 0.814. The predicted octanol–water partition coefficient (Wildman–Crippen LogP) is 2.80. The lowest BCUT2D eigenvalue weighted by atomic mass is 10.3. The molecule has 2 rings (SSSR count). The lowest BCUT2D eigenvalue weighted by Gasteiger charge is -2.06. The van der Waals surface area contributed by atoms with Crippen LogP contribution in [0.3, 0.4) is 0 Å². The summed E-state index contributed by atoms with van der Waals surface area (Å²) in [5, 5.41) is 8.96.